The number of halogens is 2. The van der Waals surface area contributed by atoms with Gasteiger partial charge in [0.05, 0.1) is 0 Å². The summed E-state index contributed by atoms with van der Waals surface area (Å²) in [6, 6.07) is 3.69. The van der Waals surface area contributed by atoms with Crippen molar-refractivity contribution in [3.05, 3.63) is 35.4 Å². The van der Waals surface area contributed by atoms with Crippen LogP contribution in [-0.2, 0) is 4.79 Å². The van der Waals surface area contributed by atoms with E-state index in [1.54, 1.807) is 6.92 Å². The molecule has 0 radical (unpaired) electrons. The van der Waals surface area contributed by atoms with Gasteiger partial charge in [-0.3, -0.25) is 4.79 Å². The van der Waals surface area contributed by atoms with E-state index in [4.69, 9.17) is 0 Å². The normalized spacial score (nSPS) is 14.1. The van der Waals surface area contributed by atoms with E-state index in [1.165, 1.54) is 18.9 Å². The summed E-state index contributed by atoms with van der Waals surface area (Å²) in [5, 5.41) is 0. The minimum absolute atomic E-state index is 0.0970. The van der Waals surface area contributed by atoms with Crippen LogP contribution in [0.4, 0.5) is 8.78 Å². The molecule has 0 aliphatic carbocycles. The Hall–Kier alpha value is -1.25. The predicted molar refractivity (Wildman–Crippen MR) is 77.7 cm³/mol. The van der Waals surface area contributed by atoms with E-state index in [0.717, 1.165) is 25.0 Å². The molecule has 0 fully saturated rings. The van der Waals surface area contributed by atoms with Crippen LogP contribution >= 0.6 is 0 Å². The van der Waals surface area contributed by atoms with Gasteiger partial charge >= 0.3 is 0 Å². The van der Waals surface area contributed by atoms with Gasteiger partial charge in [-0.1, -0.05) is 46.1 Å². The molecule has 1 aromatic carbocycles. The van der Waals surface area contributed by atoms with Crippen LogP contribution in [-0.4, -0.2) is 5.78 Å². The lowest BCUT2D eigenvalue weighted by molar-refractivity contribution is -0.120. The summed E-state index contributed by atoms with van der Waals surface area (Å²) in [6.07, 6.45) is 4.78. The molecule has 0 saturated heterocycles. The van der Waals surface area contributed by atoms with Crippen molar-refractivity contribution in [3.8, 4) is 0 Å². The van der Waals surface area contributed by atoms with Gasteiger partial charge in [-0.15, -0.1) is 0 Å². The van der Waals surface area contributed by atoms with Crippen LogP contribution in [0.3, 0.4) is 0 Å². The Kier molecular flexibility index (Phi) is 6.83. The molecule has 3 heteroatoms. The Morgan fingerprint density at radius 3 is 2.45 bits per heavy atom. The van der Waals surface area contributed by atoms with Gasteiger partial charge in [0.1, 0.15) is 5.78 Å². The third-order valence-electron chi connectivity index (χ3n) is 3.83. The Bertz CT molecular complexity index is 443. The zero-order valence-electron chi connectivity index (χ0n) is 12.6. The fourth-order valence-electron chi connectivity index (χ4n) is 2.45. The molecule has 0 saturated carbocycles. The molecule has 2 unspecified atom stereocenters. The minimum atomic E-state index is -0.890. The number of carbonyl (C=O) groups excluding carboxylic acids is 1. The van der Waals surface area contributed by atoms with Crippen LogP contribution < -0.4 is 0 Å². The van der Waals surface area contributed by atoms with Gasteiger partial charge < -0.3 is 0 Å². The molecule has 112 valence electrons. The number of Topliss-reactive ketones (excluding diaryl/α,β-unsaturated/α-hetero) is 1. The average Bonchev–Trinajstić information content (AvgIpc) is 2.41. The van der Waals surface area contributed by atoms with Crippen molar-refractivity contribution >= 4 is 5.78 Å². The molecule has 0 bridgehead atoms. The number of hydrogen-bond acceptors (Lipinski definition) is 1. The van der Waals surface area contributed by atoms with Crippen molar-refractivity contribution in [1.29, 1.82) is 0 Å². The lowest BCUT2D eigenvalue weighted by Crippen LogP contribution is -2.10. The highest BCUT2D eigenvalue weighted by molar-refractivity contribution is 5.85. The van der Waals surface area contributed by atoms with E-state index in [-0.39, 0.29) is 11.7 Å². The first-order valence-corrected chi connectivity index (χ1v) is 7.43. The third kappa shape index (κ3) is 5.03. The lowest BCUT2D eigenvalue weighted by atomic mass is 9.91. The van der Waals surface area contributed by atoms with Gasteiger partial charge in [-0.25, -0.2) is 8.78 Å². The highest BCUT2D eigenvalue weighted by Crippen LogP contribution is 2.22. The second kappa shape index (κ2) is 8.13. The Morgan fingerprint density at radius 2 is 1.85 bits per heavy atom. The first-order valence-electron chi connectivity index (χ1n) is 7.43. The van der Waals surface area contributed by atoms with Crippen molar-refractivity contribution in [2.45, 2.75) is 58.8 Å². The van der Waals surface area contributed by atoms with E-state index < -0.39 is 11.6 Å². The summed E-state index contributed by atoms with van der Waals surface area (Å²) >= 11 is 0. The molecule has 20 heavy (non-hydrogen) atoms. The summed E-state index contributed by atoms with van der Waals surface area (Å²) in [4.78, 5) is 12.1. The molecule has 1 rings (SSSR count). The molecule has 0 N–H and O–H groups in total. The first kappa shape index (κ1) is 16.8. The van der Waals surface area contributed by atoms with Crippen LogP contribution in [0.1, 0.15) is 64.4 Å². The molecular formula is C17H24F2O. The molecule has 0 amide bonds. The Morgan fingerprint density at radius 1 is 1.15 bits per heavy atom. The standard InChI is InChI=1S/C17H24F2O/c1-4-6-12(2)7-5-8-17(20)13(3)14-9-10-15(18)16(19)11-14/h9-13H,4-8H2,1-3H3. The van der Waals surface area contributed by atoms with E-state index in [9.17, 15) is 13.6 Å². The van der Waals surface area contributed by atoms with Crippen LogP contribution in [0.5, 0.6) is 0 Å². The summed E-state index contributed by atoms with van der Waals surface area (Å²) in [7, 11) is 0. The van der Waals surface area contributed by atoms with Crippen molar-refractivity contribution in [1.82, 2.24) is 0 Å². The smallest absolute Gasteiger partial charge is 0.159 e. The van der Waals surface area contributed by atoms with Gasteiger partial charge in [-0.05, 0) is 30.0 Å². The third-order valence-corrected chi connectivity index (χ3v) is 3.83. The molecule has 0 aromatic heterocycles. The fourth-order valence-corrected chi connectivity index (χ4v) is 2.45. The predicted octanol–water partition coefficient (Wildman–Crippen LogP) is 5.24. The number of hydrogen-bond donors (Lipinski definition) is 0. The number of carbonyl (C=O) groups is 1. The molecule has 2 atom stereocenters. The zero-order valence-corrected chi connectivity index (χ0v) is 12.6. The zero-order chi connectivity index (χ0) is 15.1. The quantitative estimate of drug-likeness (QED) is 0.637. The van der Waals surface area contributed by atoms with E-state index in [0.29, 0.717) is 17.9 Å². The van der Waals surface area contributed by atoms with Crippen LogP contribution in [0.25, 0.3) is 0 Å². The van der Waals surface area contributed by atoms with Gasteiger partial charge in [0, 0.05) is 12.3 Å². The van der Waals surface area contributed by atoms with Crippen LogP contribution in [0.15, 0.2) is 18.2 Å². The number of ketones is 1. The Balaban J connectivity index is 2.48. The SMILES string of the molecule is CCCC(C)CCCC(=O)C(C)c1ccc(F)c(F)c1. The molecular weight excluding hydrogens is 258 g/mol. The molecule has 1 nitrogen and oxygen atoms in total. The number of rotatable bonds is 8. The van der Waals surface area contributed by atoms with E-state index in [1.807, 2.05) is 0 Å². The minimum Gasteiger partial charge on any atom is -0.299 e. The van der Waals surface area contributed by atoms with Gasteiger partial charge in [-0.2, -0.15) is 0 Å². The van der Waals surface area contributed by atoms with Gasteiger partial charge in [0.2, 0.25) is 0 Å². The van der Waals surface area contributed by atoms with Crippen molar-refractivity contribution in [3.63, 3.8) is 0 Å². The maximum atomic E-state index is 13.2. The Labute approximate surface area is 120 Å². The van der Waals surface area contributed by atoms with Crippen molar-refractivity contribution in [2.75, 3.05) is 0 Å². The maximum Gasteiger partial charge on any atom is 0.159 e. The van der Waals surface area contributed by atoms with Gasteiger partial charge in [0.15, 0.2) is 11.6 Å². The second-order valence-electron chi connectivity index (χ2n) is 5.65. The topological polar surface area (TPSA) is 17.1 Å². The molecule has 0 heterocycles. The molecule has 0 aliphatic heterocycles. The highest BCUT2D eigenvalue weighted by atomic mass is 19.2. The lowest BCUT2D eigenvalue weighted by Gasteiger charge is -2.13. The summed E-state index contributed by atoms with van der Waals surface area (Å²) in [5.74, 6) is -1.39. The largest absolute Gasteiger partial charge is 0.299 e. The van der Waals surface area contributed by atoms with Crippen LogP contribution in [0, 0.1) is 17.6 Å². The molecule has 1 aromatic rings. The summed E-state index contributed by atoms with van der Waals surface area (Å²) < 4.78 is 26.0. The molecule has 0 aliphatic rings. The van der Waals surface area contributed by atoms with Gasteiger partial charge in [0.25, 0.3) is 0 Å². The van der Waals surface area contributed by atoms with E-state index >= 15 is 0 Å². The van der Waals surface area contributed by atoms with Crippen molar-refractivity contribution < 1.29 is 13.6 Å². The fraction of sp³-hybridized carbons (Fsp3) is 0.588. The second-order valence-corrected chi connectivity index (χ2v) is 5.65. The van der Waals surface area contributed by atoms with Crippen molar-refractivity contribution in [2.24, 2.45) is 5.92 Å². The van der Waals surface area contributed by atoms with E-state index in [2.05, 4.69) is 13.8 Å². The average molecular weight is 282 g/mol. The van der Waals surface area contributed by atoms with Crippen LogP contribution in [0.2, 0.25) is 0 Å². The summed E-state index contributed by atoms with van der Waals surface area (Å²) in [5.41, 5.74) is 0.551. The molecule has 0 spiro atoms. The highest BCUT2D eigenvalue weighted by Gasteiger charge is 2.16. The monoisotopic (exact) mass is 282 g/mol. The first-order chi connectivity index (χ1) is 9.45. The number of benzene rings is 1. The maximum absolute atomic E-state index is 13.2. The summed E-state index contributed by atoms with van der Waals surface area (Å²) in [6.45, 7) is 6.12.